The second kappa shape index (κ2) is 7.26. The van der Waals surface area contributed by atoms with Crippen molar-refractivity contribution in [3.8, 4) is 0 Å². The van der Waals surface area contributed by atoms with Crippen LogP contribution in [0.25, 0.3) is 0 Å². The van der Waals surface area contributed by atoms with Crippen molar-refractivity contribution in [3.05, 3.63) is 11.2 Å². The molecule has 1 saturated carbocycles. The lowest BCUT2D eigenvalue weighted by molar-refractivity contribution is 0.00578. The summed E-state index contributed by atoms with van der Waals surface area (Å²) in [6.45, 7) is 17.4. The van der Waals surface area contributed by atoms with Crippen LogP contribution < -0.4 is 0 Å². The first-order chi connectivity index (χ1) is 10.9. The Kier molecular flexibility index (Phi) is 6.11. The lowest BCUT2D eigenvalue weighted by atomic mass is 9.83. The molecule has 0 amide bonds. The molecule has 0 radical (unpaired) electrons. The second-order valence-electron chi connectivity index (χ2n) is 9.26. The summed E-state index contributed by atoms with van der Waals surface area (Å²) in [6.07, 6.45) is 6.85. The third kappa shape index (κ3) is 4.54. The quantitative estimate of drug-likeness (QED) is 0.629. The van der Waals surface area contributed by atoms with Gasteiger partial charge < -0.3 is 13.7 Å². The van der Waals surface area contributed by atoms with Gasteiger partial charge in [0.2, 0.25) is 8.32 Å². The van der Waals surface area contributed by atoms with E-state index in [1.807, 2.05) is 0 Å². The maximum atomic E-state index is 6.43. The molecule has 1 heterocycles. The van der Waals surface area contributed by atoms with Gasteiger partial charge in [0.15, 0.2) is 0 Å². The molecule has 0 aromatic carbocycles. The van der Waals surface area contributed by atoms with Crippen LogP contribution >= 0.6 is 0 Å². The van der Waals surface area contributed by atoms with Crippen molar-refractivity contribution in [2.24, 2.45) is 5.92 Å². The summed E-state index contributed by atoms with van der Waals surface area (Å²) in [5, 5.41) is 1.49. The number of hydrogen-bond acceptors (Lipinski definition) is 3. The molecule has 1 aliphatic carbocycles. The monoisotopic (exact) mass is 352 g/mol. The Bertz CT molecular complexity index is 449. The molecule has 2 aliphatic rings. The molecule has 0 bridgehead atoms. The van der Waals surface area contributed by atoms with Crippen molar-refractivity contribution >= 4 is 15.4 Å². The first-order valence-corrected chi connectivity index (χ1v) is 12.6. The van der Waals surface area contributed by atoms with Crippen LogP contribution in [0.2, 0.25) is 13.1 Å². The summed E-state index contributed by atoms with van der Waals surface area (Å²) in [4.78, 5) is 0. The molecule has 138 valence electrons. The highest BCUT2D eigenvalue weighted by Gasteiger charge is 2.51. The summed E-state index contributed by atoms with van der Waals surface area (Å²) in [6, 6.07) is 0. The van der Waals surface area contributed by atoms with Crippen molar-refractivity contribution in [1.29, 1.82) is 0 Å². The first-order valence-electron chi connectivity index (χ1n) is 9.70. The van der Waals surface area contributed by atoms with Gasteiger partial charge in [0.1, 0.15) is 0 Å². The molecule has 1 aliphatic heterocycles. The minimum absolute atomic E-state index is 0.255. The van der Waals surface area contributed by atoms with Crippen molar-refractivity contribution in [3.63, 3.8) is 0 Å². The molecule has 0 atom stereocenters. The van der Waals surface area contributed by atoms with Crippen molar-refractivity contribution < 1.29 is 13.7 Å². The van der Waals surface area contributed by atoms with E-state index in [1.165, 1.54) is 37.3 Å². The molecule has 0 aromatic rings. The fourth-order valence-corrected chi connectivity index (χ4v) is 7.13. The molecule has 2 fully saturated rings. The van der Waals surface area contributed by atoms with Gasteiger partial charge >= 0.3 is 7.12 Å². The van der Waals surface area contributed by atoms with E-state index in [0.717, 1.165) is 0 Å². The molecule has 2 rings (SSSR count). The Balaban J connectivity index is 2.28. The highest BCUT2D eigenvalue weighted by atomic mass is 28.4. The van der Waals surface area contributed by atoms with E-state index in [2.05, 4.69) is 60.6 Å². The van der Waals surface area contributed by atoms with Crippen LogP contribution in [0.1, 0.15) is 73.6 Å². The minimum Gasteiger partial charge on any atom is -0.411 e. The topological polar surface area (TPSA) is 27.7 Å². The second-order valence-corrected chi connectivity index (χ2v) is 13.1. The molecule has 5 heteroatoms. The zero-order valence-corrected chi connectivity index (χ0v) is 18.1. The molecule has 24 heavy (non-hydrogen) atoms. The average molecular weight is 352 g/mol. The molecule has 0 aromatic heterocycles. The zero-order valence-electron chi connectivity index (χ0n) is 17.1. The maximum absolute atomic E-state index is 6.43. The van der Waals surface area contributed by atoms with Gasteiger partial charge in [0.25, 0.3) is 0 Å². The van der Waals surface area contributed by atoms with Gasteiger partial charge in [0.05, 0.1) is 11.2 Å². The Morgan fingerprint density at radius 1 is 1.04 bits per heavy atom. The van der Waals surface area contributed by atoms with Crippen LogP contribution in [0.4, 0.5) is 0 Å². The third-order valence-corrected chi connectivity index (χ3v) is 8.88. The van der Waals surface area contributed by atoms with E-state index < -0.39 is 8.32 Å². The normalized spacial score (nSPS) is 25.5. The molecule has 3 nitrogen and oxygen atoms in total. The standard InChI is InChI=1S/C19H37BO3Si/c1-15(2)21-24(7,8)17(16-12-10-9-11-13-16)14-20-22-18(3,4)19(5,6)23-20/h14-16H,9-13H2,1-8H3/b17-14+. The summed E-state index contributed by atoms with van der Waals surface area (Å²) >= 11 is 0. The Morgan fingerprint density at radius 3 is 2.00 bits per heavy atom. The molecule has 0 N–H and O–H groups in total. The van der Waals surface area contributed by atoms with Crippen molar-refractivity contribution in [2.45, 2.75) is 104 Å². The SMILES string of the molecule is CC(C)O[Si](C)(C)/C(=C/B1OC(C)(C)C(C)(C)O1)C1CCCCC1. The Morgan fingerprint density at radius 2 is 1.54 bits per heavy atom. The Hall–Kier alpha value is -0.0982. The van der Waals surface area contributed by atoms with Gasteiger partial charge in [-0.15, -0.1) is 0 Å². The lowest BCUT2D eigenvalue weighted by Gasteiger charge is -2.35. The van der Waals surface area contributed by atoms with Gasteiger partial charge in [-0.2, -0.15) is 0 Å². The van der Waals surface area contributed by atoms with Crippen LogP contribution in [0.15, 0.2) is 11.2 Å². The molecule has 0 unspecified atom stereocenters. The lowest BCUT2D eigenvalue weighted by Crippen LogP contribution is -2.41. The Labute approximate surface area is 150 Å². The smallest absolute Gasteiger partial charge is 0.411 e. The van der Waals surface area contributed by atoms with E-state index >= 15 is 0 Å². The summed E-state index contributed by atoms with van der Waals surface area (Å²) in [5.74, 6) is 2.92. The maximum Gasteiger partial charge on any atom is 0.486 e. The summed E-state index contributed by atoms with van der Waals surface area (Å²) in [7, 11) is -2.20. The van der Waals surface area contributed by atoms with Gasteiger partial charge in [-0.05, 0) is 73.4 Å². The fourth-order valence-electron chi connectivity index (χ4n) is 4.00. The number of hydrogen-bond donors (Lipinski definition) is 0. The van der Waals surface area contributed by atoms with E-state index in [9.17, 15) is 0 Å². The van der Waals surface area contributed by atoms with Gasteiger partial charge in [0, 0.05) is 6.10 Å². The minimum atomic E-state index is -1.94. The highest BCUT2D eigenvalue weighted by molar-refractivity contribution is 6.79. The molecule has 1 saturated heterocycles. The molecular weight excluding hydrogens is 315 g/mol. The average Bonchev–Trinajstić information content (AvgIpc) is 2.63. The van der Waals surface area contributed by atoms with Gasteiger partial charge in [-0.3, -0.25) is 0 Å². The van der Waals surface area contributed by atoms with Crippen LogP contribution in [-0.2, 0) is 13.7 Å². The van der Waals surface area contributed by atoms with Gasteiger partial charge in [-0.1, -0.05) is 30.4 Å². The van der Waals surface area contributed by atoms with Crippen molar-refractivity contribution in [2.75, 3.05) is 0 Å². The highest BCUT2D eigenvalue weighted by Crippen LogP contribution is 2.40. The number of allylic oxidation sites excluding steroid dienone is 1. The summed E-state index contributed by atoms with van der Waals surface area (Å²) in [5.41, 5.74) is -0.563. The van der Waals surface area contributed by atoms with Crippen LogP contribution in [0.5, 0.6) is 0 Å². The predicted molar refractivity (Wildman–Crippen MR) is 104 cm³/mol. The van der Waals surface area contributed by atoms with Crippen LogP contribution in [-0.4, -0.2) is 32.7 Å². The van der Waals surface area contributed by atoms with Crippen molar-refractivity contribution in [1.82, 2.24) is 0 Å². The van der Waals surface area contributed by atoms with E-state index in [1.54, 1.807) is 0 Å². The third-order valence-electron chi connectivity index (χ3n) is 5.86. The number of rotatable bonds is 5. The summed E-state index contributed by atoms with van der Waals surface area (Å²) < 4.78 is 18.9. The predicted octanol–water partition coefficient (Wildman–Crippen LogP) is 5.29. The van der Waals surface area contributed by atoms with Crippen LogP contribution in [0.3, 0.4) is 0 Å². The van der Waals surface area contributed by atoms with E-state index in [-0.39, 0.29) is 24.4 Å². The van der Waals surface area contributed by atoms with E-state index in [4.69, 9.17) is 13.7 Å². The molecular formula is C19H37BO3Si. The largest absolute Gasteiger partial charge is 0.486 e. The van der Waals surface area contributed by atoms with Crippen LogP contribution in [0, 0.1) is 5.92 Å². The van der Waals surface area contributed by atoms with E-state index in [0.29, 0.717) is 5.92 Å². The fraction of sp³-hybridized carbons (Fsp3) is 0.895. The first kappa shape index (κ1) is 20.2. The molecule has 0 spiro atoms. The van der Waals surface area contributed by atoms with Gasteiger partial charge in [-0.25, -0.2) is 0 Å². The zero-order chi connectivity index (χ0) is 18.2.